The van der Waals surface area contributed by atoms with Crippen molar-refractivity contribution < 1.29 is 4.74 Å². The van der Waals surface area contributed by atoms with E-state index >= 15 is 0 Å². The van der Waals surface area contributed by atoms with Gasteiger partial charge in [-0.05, 0) is 37.5 Å². The number of aryl methyl sites for hydroxylation is 1. The van der Waals surface area contributed by atoms with Gasteiger partial charge in [0.2, 0.25) is 0 Å². The van der Waals surface area contributed by atoms with Gasteiger partial charge in [-0.15, -0.1) is 0 Å². The zero-order valence-corrected chi connectivity index (χ0v) is 8.86. The largest absolute Gasteiger partial charge is 0.382 e. The summed E-state index contributed by atoms with van der Waals surface area (Å²) in [6.45, 7) is 5.50. The molecule has 2 N–H and O–H groups in total. The minimum absolute atomic E-state index is 0.0373. The Balaban J connectivity index is 2.51. The van der Waals surface area contributed by atoms with Crippen LogP contribution in [0.15, 0.2) is 18.5 Å². The van der Waals surface area contributed by atoms with Crippen LogP contribution in [0.25, 0.3) is 0 Å². The van der Waals surface area contributed by atoms with Gasteiger partial charge < -0.3 is 10.5 Å². The molecule has 0 amide bonds. The Morgan fingerprint density at radius 3 is 3.00 bits per heavy atom. The maximum atomic E-state index is 6.02. The lowest BCUT2D eigenvalue weighted by Crippen LogP contribution is -2.14. The van der Waals surface area contributed by atoms with Gasteiger partial charge in [0.05, 0.1) is 0 Å². The number of ether oxygens (including phenoxy) is 1. The SMILES string of the molecule is CCOCCC(N)c1cnccc1C. The van der Waals surface area contributed by atoms with E-state index in [1.165, 1.54) is 5.56 Å². The molecular weight excluding hydrogens is 176 g/mol. The molecule has 14 heavy (non-hydrogen) atoms. The third-order valence-corrected chi connectivity index (χ3v) is 2.26. The van der Waals surface area contributed by atoms with Gasteiger partial charge in [-0.1, -0.05) is 0 Å². The second-order valence-corrected chi connectivity index (χ2v) is 3.32. The first kappa shape index (κ1) is 11.1. The summed E-state index contributed by atoms with van der Waals surface area (Å²) in [5, 5.41) is 0. The zero-order chi connectivity index (χ0) is 10.4. The molecule has 0 fully saturated rings. The molecule has 0 aliphatic rings. The third kappa shape index (κ3) is 3.09. The number of hydrogen-bond donors (Lipinski definition) is 1. The van der Waals surface area contributed by atoms with Crippen molar-refractivity contribution in [2.45, 2.75) is 26.3 Å². The van der Waals surface area contributed by atoms with Crippen molar-refractivity contribution in [3.63, 3.8) is 0 Å². The third-order valence-electron chi connectivity index (χ3n) is 2.26. The van der Waals surface area contributed by atoms with Crippen LogP contribution < -0.4 is 5.73 Å². The lowest BCUT2D eigenvalue weighted by molar-refractivity contribution is 0.140. The number of aromatic nitrogens is 1. The van der Waals surface area contributed by atoms with Gasteiger partial charge >= 0.3 is 0 Å². The summed E-state index contributed by atoms with van der Waals surface area (Å²) in [6, 6.07) is 2.02. The first-order valence-corrected chi connectivity index (χ1v) is 4.99. The monoisotopic (exact) mass is 194 g/mol. The molecule has 0 aliphatic heterocycles. The van der Waals surface area contributed by atoms with Crippen LogP contribution in [-0.2, 0) is 4.74 Å². The zero-order valence-electron chi connectivity index (χ0n) is 8.86. The van der Waals surface area contributed by atoms with Gasteiger partial charge in [0.1, 0.15) is 0 Å². The van der Waals surface area contributed by atoms with Crippen LogP contribution in [0.2, 0.25) is 0 Å². The average molecular weight is 194 g/mol. The Kier molecular flexibility index (Phi) is 4.56. The minimum atomic E-state index is 0.0373. The summed E-state index contributed by atoms with van der Waals surface area (Å²) in [5.41, 5.74) is 8.33. The summed E-state index contributed by atoms with van der Waals surface area (Å²) in [6.07, 6.45) is 4.47. The molecule has 0 bridgehead atoms. The lowest BCUT2D eigenvalue weighted by atomic mass is 10.0. The number of rotatable bonds is 5. The van der Waals surface area contributed by atoms with Gasteiger partial charge in [0, 0.05) is 31.6 Å². The van der Waals surface area contributed by atoms with E-state index in [0.29, 0.717) is 6.61 Å². The maximum absolute atomic E-state index is 6.02. The molecular formula is C11H18N2O. The fraction of sp³-hybridized carbons (Fsp3) is 0.545. The molecule has 78 valence electrons. The molecule has 1 aromatic rings. The highest BCUT2D eigenvalue weighted by Crippen LogP contribution is 2.16. The normalized spacial score (nSPS) is 12.8. The number of nitrogens with two attached hydrogens (primary N) is 1. The smallest absolute Gasteiger partial charge is 0.0483 e. The van der Waals surface area contributed by atoms with Gasteiger partial charge in [-0.3, -0.25) is 4.98 Å². The van der Waals surface area contributed by atoms with Crippen LogP contribution >= 0.6 is 0 Å². The van der Waals surface area contributed by atoms with Crippen LogP contribution in [0, 0.1) is 6.92 Å². The van der Waals surface area contributed by atoms with Gasteiger partial charge in [-0.2, -0.15) is 0 Å². The Labute approximate surface area is 85.3 Å². The van der Waals surface area contributed by atoms with E-state index < -0.39 is 0 Å². The number of nitrogens with zero attached hydrogens (tertiary/aromatic N) is 1. The van der Waals surface area contributed by atoms with E-state index in [9.17, 15) is 0 Å². The second-order valence-electron chi connectivity index (χ2n) is 3.32. The molecule has 1 heterocycles. The Morgan fingerprint density at radius 1 is 1.57 bits per heavy atom. The van der Waals surface area contributed by atoms with Crippen LogP contribution in [0.5, 0.6) is 0 Å². The van der Waals surface area contributed by atoms with E-state index in [1.54, 1.807) is 6.20 Å². The molecule has 1 aromatic heterocycles. The van der Waals surface area contributed by atoms with Crippen LogP contribution in [0.3, 0.4) is 0 Å². The Hall–Kier alpha value is -0.930. The van der Waals surface area contributed by atoms with E-state index in [1.807, 2.05) is 19.2 Å². The molecule has 0 aromatic carbocycles. The first-order valence-electron chi connectivity index (χ1n) is 4.99. The molecule has 0 spiro atoms. The van der Waals surface area contributed by atoms with Gasteiger partial charge in [0.15, 0.2) is 0 Å². The van der Waals surface area contributed by atoms with Crippen molar-refractivity contribution >= 4 is 0 Å². The highest BCUT2D eigenvalue weighted by Gasteiger charge is 2.08. The highest BCUT2D eigenvalue weighted by molar-refractivity contribution is 5.24. The van der Waals surface area contributed by atoms with Gasteiger partial charge in [-0.25, -0.2) is 0 Å². The van der Waals surface area contributed by atoms with E-state index in [-0.39, 0.29) is 6.04 Å². The quantitative estimate of drug-likeness (QED) is 0.727. The molecule has 1 rings (SSSR count). The number of hydrogen-bond acceptors (Lipinski definition) is 3. The van der Waals surface area contributed by atoms with E-state index in [0.717, 1.165) is 18.6 Å². The molecule has 1 unspecified atom stereocenters. The average Bonchev–Trinajstić information content (AvgIpc) is 2.18. The minimum Gasteiger partial charge on any atom is -0.382 e. The Morgan fingerprint density at radius 2 is 2.36 bits per heavy atom. The van der Waals surface area contributed by atoms with Crippen molar-refractivity contribution in [3.8, 4) is 0 Å². The van der Waals surface area contributed by atoms with Crippen LogP contribution in [0.4, 0.5) is 0 Å². The molecule has 1 atom stereocenters. The number of pyridine rings is 1. The molecule has 0 saturated heterocycles. The summed E-state index contributed by atoms with van der Waals surface area (Å²) < 4.78 is 5.27. The van der Waals surface area contributed by atoms with Crippen molar-refractivity contribution in [1.29, 1.82) is 0 Å². The topological polar surface area (TPSA) is 48.1 Å². The Bertz CT molecular complexity index is 276. The van der Waals surface area contributed by atoms with Crippen molar-refractivity contribution in [2.75, 3.05) is 13.2 Å². The fourth-order valence-electron chi connectivity index (χ4n) is 1.37. The standard InChI is InChI=1S/C11H18N2O/c1-3-14-7-5-11(12)10-8-13-6-4-9(10)2/h4,6,8,11H,3,5,7,12H2,1-2H3. The summed E-state index contributed by atoms with van der Waals surface area (Å²) in [4.78, 5) is 4.07. The molecule has 0 aliphatic carbocycles. The van der Waals surface area contributed by atoms with Crippen LogP contribution in [0.1, 0.15) is 30.5 Å². The van der Waals surface area contributed by atoms with E-state index in [2.05, 4.69) is 11.9 Å². The van der Waals surface area contributed by atoms with Crippen molar-refractivity contribution in [3.05, 3.63) is 29.6 Å². The molecule has 3 nitrogen and oxygen atoms in total. The highest BCUT2D eigenvalue weighted by atomic mass is 16.5. The van der Waals surface area contributed by atoms with Gasteiger partial charge in [0.25, 0.3) is 0 Å². The predicted molar refractivity (Wildman–Crippen MR) is 57.0 cm³/mol. The summed E-state index contributed by atoms with van der Waals surface area (Å²) in [5.74, 6) is 0. The maximum Gasteiger partial charge on any atom is 0.0483 e. The predicted octanol–water partition coefficient (Wildman–Crippen LogP) is 1.82. The van der Waals surface area contributed by atoms with Crippen molar-refractivity contribution in [1.82, 2.24) is 4.98 Å². The fourth-order valence-corrected chi connectivity index (χ4v) is 1.37. The molecule has 0 radical (unpaired) electrons. The summed E-state index contributed by atoms with van der Waals surface area (Å²) in [7, 11) is 0. The van der Waals surface area contributed by atoms with Crippen LogP contribution in [-0.4, -0.2) is 18.2 Å². The second kappa shape index (κ2) is 5.73. The first-order chi connectivity index (χ1) is 6.75. The molecule has 0 saturated carbocycles. The summed E-state index contributed by atoms with van der Waals surface area (Å²) >= 11 is 0. The molecule has 3 heteroatoms. The van der Waals surface area contributed by atoms with E-state index in [4.69, 9.17) is 10.5 Å². The van der Waals surface area contributed by atoms with Crippen molar-refractivity contribution in [2.24, 2.45) is 5.73 Å². The lowest BCUT2D eigenvalue weighted by Gasteiger charge is -2.13.